The predicted molar refractivity (Wildman–Crippen MR) is 238 cm³/mol. The molecule has 0 spiro atoms. The first-order valence-corrected chi connectivity index (χ1v) is 20.0. The summed E-state index contributed by atoms with van der Waals surface area (Å²) in [6, 6.07) is 66.5. The summed E-state index contributed by atoms with van der Waals surface area (Å²) in [6.45, 7) is 0. The second kappa shape index (κ2) is 12.6. The monoisotopic (exact) mass is 745 g/mol. The molecule has 0 radical (unpaired) electrons. The number of nitrogens with zero attached hydrogens (tertiary/aromatic N) is 3. The van der Waals surface area contributed by atoms with Gasteiger partial charge in [0.05, 0.1) is 22.4 Å². The molecule has 0 unspecified atom stereocenters. The molecule has 12 rings (SSSR count). The molecule has 8 aromatic carbocycles. The number of aromatic nitrogens is 3. The lowest BCUT2D eigenvalue weighted by atomic mass is 9.96. The largest absolute Gasteiger partial charge is 0.455 e. The second-order valence-corrected chi connectivity index (χ2v) is 15.6. The van der Waals surface area contributed by atoms with Crippen molar-refractivity contribution < 1.29 is 4.42 Å². The Morgan fingerprint density at radius 1 is 0.421 bits per heavy atom. The third-order valence-corrected chi connectivity index (χ3v) is 12.4. The molecule has 0 amide bonds. The number of rotatable bonds is 5. The van der Waals surface area contributed by atoms with Gasteiger partial charge in [0, 0.05) is 69.7 Å². The highest BCUT2D eigenvalue weighted by Crippen LogP contribution is 2.46. The molecule has 12 aromatic rings. The first-order valence-electron chi connectivity index (χ1n) is 19.2. The molecule has 0 aliphatic heterocycles. The summed E-state index contributed by atoms with van der Waals surface area (Å²) < 4.78 is 11.7. The number of para-hydroxylation sites is 2. The molecule has 266 valence electrons. The van der Waals surface area contributed by atoms with E-state index in [0.717, 1.165) is 88.6 Å². The molecule has 0 aliphatic carbocycles. The summed E-state index contributed by atoms with van der Waals surface area (Å²) in [4.78, 5) is 10.6. The second-order valence-electron chi connectivity index (χ2n) is 14.5. The van der Waals surface area contributed by atoms with Gasteiger partial charge in [-0.1, -0.05) is 140 Å². The van der Waals surface area contributed by atoms with Crippen molar-refractivity contribution in [2.24, 2.45) is 0 Å². The lowest BCUT2D eigenvalue weighted by molar-refractivity contribution is 0.670. The zero-order valence-electron chi connectivity index (χ0n) is 30.6. The summed E-state index contributed by atoms with van der Waals surface area (Å²) in [5, 5.41) is 6.95. The number of furan rings is 1. The SMILES string of the molecule is c1ccc(-c2cc(-c3ccccc3)nc(-c3cccc4c3c3ccccc3n4-c3cc(-c4cccc5sc6ccccc6c45)c4oc5ccccc5c4c3)n2)cc1. The maximum Gasteiger partial charge on any atom is 0.161 e. The number of hydrogen-bond acceptors (Lipinski definition) is 4. The van der Waals surface area contributed by atoms with Gasteiger partial charge in [-0.15, -0.1) is 11.3 Å². The summed E-state index contributed by atoms with van der Waals surface area (Å²) in [5.41, 5.74) is 12.1. The van der Waals surface area contributed by atoms with Crippen molar-refractivity contribution in [2.75, 3.05) is 0 Å². The fourth-order valence-electron chi connectivity index (χ4n) is 8.71. The molecule has 0 saturated carbocycles. The van der Waals surface area contributed by atoms with Gasteiger partial charge in [-0.3, -0.25) is 0 Å². The Bertz CT molecular complexity index is 3470. The van der Waals surface area contributed by atoms with Gasteiger partial charge in [0.25, 0.3) is 0 Å². The average molecular weight is 746 g/mol. The van der Waals surface area contributed by atoms with Crippen molar-refractivity contribution >= 4 is 75.3 Å². The van der Waals surface area contributed by atoms with Crippen molar-refractivity contribution in [1.82, 2.24) is 14.5 Å². The maximum atomic E-state index is 6.77. The van der Waals surface area contributed by atoms with Gasteiger partial charge in [0.15, 0.2) is 5.82 Å². The average Bonchev–Trinajstić information content (AvgIpc) is 3.96. The molecule has 0 bridgehead atoms. The Labute approximate surface area is 331 Å². The van der Waals surface area contributed by atoms with E-state index >= 15 is 0 Å². The Morgan fingerprint density at radius 3 is 1.82 bits per heavy atom. The van der Waals surface area contributed by atoms with Gasteiger partial charge in [-0.05, 0) is 54.1 Å². The van der Waals surface area contributed by atoms with E-state index in [0.29, 0.717) is 5.82 Å². The lowest BCUT2D eigenvalue weighted by Crippen LogP contribution is -1.97. The molecular weight excluding hydrogens is 715 g/mol. The smallest absolute Gasteiger partial charge is 0.161 e. The van der Waals surface area contributed by atoms with E-state index in [9.17, 15) is 0 Å². The molecule has 0 saturated heterocycles. The molecule has 4 aromatic heterocycles. The number of thiophene rings is 1. The number of hydrogen-bond donors (Lipinski definition) is 0. The molecule has 5 heteroatoms. The van der Waals surface area contributed by atoms with E-state index in [1.807, 2.05) is 29.5 Å². The third kappa shape index (κ3) is 4.99. The van der Waals surface area contributed by atoms with Crippen LogP contribution in [-0.2, 0) is 0 Å². The number of benzene rings is 8. The number of fused-ring (bicyclic) bond motifs is 9. The minimum atomic E-state index is 0.691. The van der Waals surface area contributed by atoms with Gasteiger partial charge in [0.2, 0.25) is 0 Å². The van der Waals surface area contributed by atoms with Crippen LogP contribution in [0.4, 0.5) is 0 Å². The van der Waals surface area contributed by atoms with Crippen LogP contribution in [0.25, 0.3) is 115 Å². The van der Waals surface area contributed by atoms with E-state index in [1.54, 1.807) is 0 Å². The van der Waals surface area contributed by atoms with E-state index < -0.39 is 0 Å². The van der Waals surface area contributed by atoms with Gasteiger partial charge < -0.3 is 8.98 Å². The first-order chi connectivity index (χ1) is 28.3. The summed E-state index contributed by atoms with van der Waals surface area (Å²) in [6.07, 6.45) is 0. The zero-order chi connectivity index (χ0) is 37.5. The van der Waals surface area contributed by atoms with Crippen LogP contribution < -0.4 is 0 Å². The minimum absolute atomic E-state index is 0.691. The molecular formula is C52H31N3OS. The van der Waals surface area contributed by atoms with Crippen molar-refractivity contribution in [1.29, 1.82) is 0 Å². The Balaban J connectivity index is 1.16. The van der Waals surface area contributed by atoms with Crippen molar-refractivity contribution in [3.05, 3.63) is 188 Å². The van der Waals surface area contributed by atoms with Crippen LogP contribution in [0, 0.1) is 0 Å². The quantitative estimate of drug-likeness (QED) is 0.176. The normalized spacial score (nSPS) is 11.9. The van der Waals surface area contributed by atoms with Crippen LogP contribution in [0.5, 0.6) is 0 Å². The van der Waals surface area contributed by atoms with Gasteiger partial charge in [-0.25, -0.2) is 9.97 Å². The summed E-state index contributed by atoms with van der Waals surface area (Å²) in [7, 11) is 0. The maximum absolute atomic E-state index is 6.77. The fraction of sp³-hybridized carbons (Fsp3) is 0. The van der Waals surface area contributed by atoms with Crippen LogP contribution in [0.1, 0.15) is 0 Å². The van der Waals surface area contributed by atoms with Crippen LogP contribution in [0.2, 0.25) is 0 Å². The van der Waals surface area contributed by atoms with Gasteiger partial charge in [-0.2, -0.15) is 0 Å². The topological polar surface area (TPSA) is 43.9 Å². The highest BCUT2D eigenvalue weighted by atomic mass is 32.1. The van der Waals surface area contributed by atoms with Crippen molar-refractivity contribution in [3.63, 3.8) is 0 Å². The molecule has 0 N–H and O–H groups in total. The van der Waals surface area contributed by atoms with Crippen LogP contribution in [0.15, 0.2) is 192 Å². The van der Waals surface area contributed by atoms with E-state index in [2.05, 4.69) is 174 Å². The lowest BCUT2D eigenvalue weighted by Gasteiger charge is -2.13. The Kier molecular flexibility index (Phi) is 7.06. The molecule has 4 nitrogen and oxygen atoms in total. The van der Waals surface area contributed by atoms with E-state index in [1.165, 1.54) is 20.2 Å². The molecule has 0 atom stereocenters. The van der Waals surface area contributed by atoms with Crippen LogP contribution in [0.3, 0.4) is 0 Å². The standard InChI is InChI=1S/C52H31N3OS/c1-3-15-32(16-4-1)42-31-43(33-17-5-2-6-18-33)54-52(53-42)39-23-13-25-45-49(39)37-20-7-10-24-44(37)55(45)34-29-40-35-19-8-11-26-46(35)56-51(40)41(30-34)36-22-14-28-48-50(36)38-21-9-12-27-47(38)57-48/h1-31H. The zero-order valence-corrected chi connectivity index (χ0v) is 31.4. The summed E-state index contributed by atoms with van der Waals surface area (Å²) in [5.74, 6) is 0.691. The first kappa shape index (κ1) is 32.0. The summed E-state index contributed by atoms with van der Waals surface area (Å²) >= 11 is 1.84. The molecule has 0 fully saturated rings. The Hall–Kier alpha value is -7.34. The van der Waals surface area contributed by atoms with Crippen molar-refractivity contribution in [2.45, 2.75) is 0 Å². The fourth-order valence-corrected chi connectivity index (χ4v) is 9.84. The van der Waals surface area contributed by atoms with Crippen molar-refractivity contribution in [3.8, 4) is 50.7 Å². The molecule has 4 heterocycles. The predicted octanol–water partition coefficient (Wildman–Crippen LogP) is 14.5. The molecule has 57 heavy (non-hydrogen) atoms. The van der Waals surface area contributed by atoms with E-state index in [4.69, 9.17) is 14.4 Å². The Morgan fingerprint density at radius 2 is 1.04 bits per heavy atom. The van der Waals surface area contributed by atoms with E-state index in [-0.39, 0.29) is 0 Å². The highest BCUT2D eigenvalue weighted by Gasteiger charge is 2.23. The molecule has 0 aliphatic rings. The van der Waals surface area contributed by atoms with Crippen LogP contribution >= 0.6 is 11.3 Å². The minimum Gasteiger partial charge on any atom is -0.455 e. The van der Waals surface area contributed by atoms with Crippen LogP contribution in [-0.4, -0.2) is 14.5 Å². The van der Waals surface area contributed by atoms with Gasteiger partial charge in [0.1, 0.15) is 11.2 Å². The van der Waals surface area contributed by atoms with Gasteiger partial charge >= 0.3 is 0 Å². The third-order valence-electron chi connectivity index (χ3n) is 11.2. The highest BCUT2D eigenvalue weighted by molar-refractivity contribution is 7.25.